The fourth-order valence-corrected chi connectivity index (χ4v) is 2.91. The lowest BCUT2D eigenvalue weighted by molar-refractivity contribution is 0.0829. The maximum Gasteiger partial charge on any atom is 0.115 e. The molecule has 3 heteroatoms. The largest absolute Gasteiger partial charge is 0.399 e. The van der Waals surface area contributed by atoms with E-state index >= 15 is 0 Å². The zero-order valence-corrected chi connectivity index (χ0v) is 10.6. The average Bonchev–Trinajstić information content (AvgIpc) is 2.68. The zero-order chi connectivity index (χ0) is 12.8. The Bertz CT molecular complexity index is 611. The molecule has 0 fully saturated rings. The van der Waals surface area contributed by atoms with Crippen LogP contribution in [0.4, 0.5) is 5.69 Å². The Morgan fingerprint density at radius 1 is 1.17 bits per heavy atom. The molecule has 0 saturated carbocycles. The number of anilines is 1. The Hall–Kier alpha value is -1.51. The molecule has 0 heterocycles. The number of benzene rings is 2. The molecule has 1 aliphatic carbocycles. The number of aryl methyl sites for hydroxylation is 1. The van der Waals surface area contributed by atoms with Crippen molar-refractivity contribution in [3.8, 4) is 0 Å². The highest BCUT2D eigenvalue weighted by Crippen LogP contribution is 2.42. The highest BCUT2D eigenvalue weighted by Gasteiger charge is 2.38. The molecule has 0 saturated heterocycles. The number of rotatable bonds is 1. The number of aliphatic hydroxyl groups is 1. The summed E-state index contributed by atoms with van der Waals surface area (Å²) in [5.74, 6) is 0. The molecule has 0 radical (unpaired) electrons. The van der Waals surface area contributed by atoms with Crippen LogP contribution in [-0.4, -0.2) is 5.11 Å². The molecule has 0 aromatic heterocycles. The fraction of sp³-hybridized carbons (Fsp3) is 0.200. The van der Waals surface area contributed by atoms with Crippen LogP contribution in [0.25, 0.3) is 0 Å². The molecule has 0 amide bonds. The highest BCUT2D eigenvalue weighted by molar-refractivity contribution is 6.30. The van der Waals surface area contributed by atoms with Crippen molar-refractivity contribution < 1.29 is 5.11 Å². The lowest BCUT2D eigenvalue weighted by Gasteiger charge is -2.25. The maximum absolute atomic E-state index is 10.9. The SMILES string of the molecule is Nc1ccc2c(c1)CCC2(O)c1cccc(Cl)c1. The standard InChI is InChI=1S/C15H14ClNO/c16-12-3-1-2-11(9-12)15(18)7-6-10-8-13(17)4-5-14(10)15/h1-5,8-9,18H,6-7,17H2. The van der Waals surface area contributed by atoms with Crippen LogP contribution >= 0.6 is 11.6 Å². The molecule has 2 aromatic carbocycles. The highest BCUT2D eigenvalue weighted by atomic mass is 35.5. The van der Waals surface area contributed by atoms with Gasteiger partial charge in [0.15, 0.2) is 0 Å². The Morgan fingerprint density at radius 3 is 2.78 bits per heavy atom. The quantitative estimate of drug-likeness (QED) is 0.773. The number of hydrogen-bond donors (Lipinski definition) is 2. The van der Waals surface area contributed by atoms with Gasteiger partial charge in [0.25, 0.3) is 0 Å². The summed E-state index contributed by atoms with van der Waals surface area (Å²) in [5.41, 5.74) is 8.49. The normalized spacial score (nSPS) is 21.9. The monoisotopic (exact) mass is 259 g/mol. The van der Waals surface area contributed by atoms with Gasteiger partial charge in [-0.1, -0.05) is 29.8 Å². The summed E-state index contributed by atoms with van der Waals surface area (Å²) in [6.45, 7) is 0. The average molecular weight is 260 g/mol. The van der Waals surface area contributed by atoms with E-state index in [2.05, 4.69) is 0 Å². The number of nitrogens with two attached hydrogens (primary N) is 1. The van der Waals surface area contributed by atoms with E-state index in [0.29, 0.717) is 11.4 Å². The third kappa shape index (κ3) is 1.69. The molecule has 92 valence electrons. The van der Waals surface area contributed by atoms with Gasteiger partial charge < -0.3 is 10.8 Å². The lowest BCUT2D eigenvalue weighted by atomic mass is 9.88. The zero-order valence-electron chi connectivity index (χ0n) is 9.86. The molecular weight excluding hydrogens is 246 g/mol. The second-order valence-electron chi connectivity index (χ2n) is 4.79. The maximum atomic E-state index is 10.9. The Kier molecular flexibility index (Phi) is 2.58. The molecule has 0 bridgehead atoms. The molecule has 2 aromatic rings. The minimum atomic E-state index is -0.937. The molecule has 2 nitrogen and oxygen atoms in total. The van der Waals surface area contributed by atoms with Gasteiger partial charge >= 0.3 is 0 Å². The van der Waals surface area contributed by atoms with Gasteiger partial charge in [0.2, 0.25) is 0 Å². The summed E-state index contributed by atoms with van der Waals surface area (Å²) >= 11 is 6.01. The van der Waals surface area contributed by atoms with E-state index in [1.165, 1.54) is 0 Å². The topological polar surface area (TPSA) is 46.2 Å². The van der Waals surface area contributed by atoms with Gasteiger partial charge in [-0.15, -0.1) is 0 Å². The second kappa shape index (κ2) is 4.01. The van der Waals surface area contributed by atoms with Gasteiger partial charge in [-0.05, 0) is 53.8 Å². The summed E-state index contributed by atoms with van der Waals surface area (Å²) in [6, 6.07) is 13.1. The smallest absolute Gasteiger partial charge is 0.115 e. The molecule has 1 aliphatic rings. The van der Waals surface area contributed by atoms with Gasteiger partial charge in [-0.2, -0.15) is 0 Å². The van der Waals surface area contributed by atoms with Crippen molar-refractivity contribution in [2.24, 2.45) is 0 Å². The van der Waals surface area contributed by atoms with Crippen molar-refractivity contribution in [1.29, 1.82) is 0 Å². The Labute approximate surface area is 111 Å². The van der Waals surface area contributed by atoms with E-state index < -0.39 is 5.60 Å². The summed E-state index contributed by atoms with van der Waals surface area (Å²) in [5, 5.41) is 11.6. The summed E-state index contributed by atoms with van der Waals surface area (Å²) < 4.78 is 0. The molecule has 1 unspecified atom stereocenters. The Morgan fingerprint density at radius 2 is 2.00 bits per heavy atom. The predicted octanol–water partition coefficient (Wildman–Crippen LogP) is 3.10. The minimum Gasteiger partial charge on any atom is -0.399 e. The van der Waals surface area contributed by atoms with Crippen molar-refractivity contribution in [2.45, 2.75) is 18.4 Å². The van der Waals surface area contributed by atoms with Crippen molar-refractivity contribution in [3.05, 3.63) is 64.2 Å². The van der Waals surface area contributed by atoms with Gasteiger partial charge in [0.1, 0.15) is 5.60 Å². The lowest BCUT2D eigenvalue weighted by Crippen LogP contribution is -2.23. The van der Waals surface area contributed by atoms with Crippen LogP contribution in [0.1, 0.15) is 23.1 Å². The van der Waals surface area contributed by atoms with E-state index in [9.17, 15) is 5.11 Å². The van der Waals surface area contributed by atoms with Crippen LogP contribution in [0, 0.1) is 0 Å². The number of hydrogen-bond acceptors (Lipinski definition) is 2. The van der Waals surface area contributed by atoms with E-state index in [1.807, 2.05) is 42.5 Å². The number of nitrogen functional groups attached to an aromatic ring is 1. The predicted molar refractivity (Wildman–Crippen MR) is 73.6 cm³/mol. The van der Waals surface area contributed by atoms with E-state index in [1.54, 1.807) is 0 Å². The summed E-state index contributed by atoms with van der Waals surface area (Å²) in [4.78, 5) is 0. The number of halogens is 1. The third-order valence-corrected chi connectivity index (χ3v) is 3.87. The fourth-order valence-electron chi connectivity index (χ4n) is 2.72. The van der Waals surface area contributed by atoms with Crippen LogP contribution in [0.15, 0.2) is 42.5 Å². The van der Waals surface area contributed by atoms with Crippen molar-refractivity contribution in [1.82, 2.24) is 0 Å². The first kappa shape index (κ1) is 11.6. The van der Waals surface area contributed by atoms with E-state index in [-0.39, 0.29) is 0 Å². The summed E-state index contributed by atoms with van der Waals surface area (Å²) in [6.07, 6.45) is 1.51. The molecule has 3 N–H and O–H groups in total. The van der Waals surface area contributed by atoms with E-state index in [4.69, 9.17) is 17.3 Å². The van der Waals surface area contributed by atoms with Gasteiger partial charge in [0.05, 0.1) is 0 Å². The van der Waals surface area contributed by atoms with Crippen molar-refractivity contribution >= 4 is 17.3 Å². The van der Waals surface area contributed by atoms with Gasteiger partial charge in [-0.3, -0.25) is 0 Å². The van der Waals surface area contributed by atoms with Crippen LogP contribution in [0.2, 0.25) is 5.02 Å². The molecular formula is C15H14ClNO. The molecule has 0 aliphatic heterocycles. The Balaban J connectivity index is 2.14. The third-order valence-electron chi connectivity index (χ3n) is 3.63. The first-order valence-corrected chi connectivity index (χ1v) is 6.35. The van der Waals surface area contributed by atoms with Crippen LogP contribution < -0.4 is 5.73 Å². The summed E-state index contributed by atoms with van der Waals surface area (Å²) in [7, 11) is 0. The van der Waals surface area contributed by atoms with Gasteiger partial charge in [-0.25, -0.2) is 0 Å². The molecule has 18 heavy (non-hydrogen) atoms. The van der Waals surface area contributed by atoms with Crippen molar-refractivity contribution in [2.75, 3.05) is 5.73 Å². The van der Waals surface area contributed by atoms with E-state index in [0.717, 1.165) is 28.8 Å². The van der Waals surface area contributed by atoms with Crippen LogP contribution in [-0.2, 0) is 12.0 Å². The molecule has 1 atom stereocenters. The second-order valence-corrected chi connectivity index (χ2v) is 5.22. The van der Waals surface area contributed by atoms with Crippen molar-refractivity contribution in [3.63, 3.8) is 0 Å². The van der Waals surface area contributed by atoms with Gasteiger partial charge in [0, 0.05) is 10.7 Å². The molecule has 0 spiro atoms. The number of fused-ring (bicyclic) bond motifs is 1. The van der Waals surface area contributed by atoms with Crippen LogP contribution in [0.3, 0.4) is 0 Å². The first-order valence-electron chi connectivity index (χ1n) is 5.97. The van der Waals surface area contributed by atoms with Crippen LogP contribution in [0.5, 0.6) is 0 Å². The molecule has 3 rings (SSSR count). The minimum absolute atomic E-state index is 0.643. The first-order chi connectivity index (χ1) is 8.59.